The molecule has 0 bridgehead atoms. The Morgan fingerprint density at radius 2 is 1.75 bits per heavy atom. The van der Waals surface area contributed by atoms with Gasteiger partial charge in [-0.2, -0.15) is 0 Å². The van der Waals surface area contributed by atoms with Crippen LogP contribution in [0.25, 0.3) is 0 Å². The number of phenols is 1. The van der Waals surface area contributed by atoms with Gasteiger partial charge in [-0.05, 0) is 93.4 Å². The lowest BCUT2D eigenvalue weighted by molar-refractivity contribution is -0.136. The van der Waals surface area contributed by atoms with E-state index in [0.717, 1.165) is 0 Å². The number of hydrogen-bond acceptors (Lipinski definition) is 7. The van der Waals surface area contributed by atoms with Crippen molar-refractivity contribution >= 4 is 61.3 Å². The number of rotatable bonds is 6. The van der Waals surface area contributed by atoms with Crippen LogP contribution < -0.4 is 9.47 Å². The molecule has 1 N–H and O–H groups in total. The molecule has 0 amide bonds. The molecule has 2 aromatic carbocycles. The Hall–Kier alpha value is -1.12. The molecule has 0 aromatic heterocycles. The molecule has 0 atom stereocenters. The van der Waals surface area contributed by atoms with Crippen molar-refractivity contribution in [2.45, 2.75) is 31.6 Å². The van der Waals surface area contributed by atoms with E-state index in [2.05, 4.69) is 0 Å². The number of phenolic OH excluding ortho intramolecular Hbond substituents is 1. The Morgan fingerprint density at radius 1 is 1.18 bits per heavy atom. The first-order valence-corrected chi connectivity index (χ1v) is 11.6. The fourth-order valence-electron chi connectivity index (χ4n) is 2.42. The first-order chi connectivity index (χ1) is 12.9. The number of hydrogen-bond donors (Lipinski definition) is 1. The number of carbonyl (C=O) groups excluding carboxylic acids is 1. The minimum absolute atomic E-state index is 0.0649. The number of ether oxygens (including phenoxy) is 2. The van der Waals surface area contributed by atoms with Crippen LogP contribution in [0.15, 0.2) is 29.2 Å². The molecule has 2 aromatic rings. The molecule has 7 nitrogen and oxygen atoms in total. The van der Waals surface area contributed by atoms with Gasteiger partial charge in [-0.25, -0.2) is 13.2 Å². The molecule has 152 valence electrons. The molecule has 0 radical (unpaired) electrons. The van der Waals surface area contributed by atoms with Crippen LogP contribution in [0.1, 0.15) is 30.9 Å². The molecule has 0 unspecified atom stereocenters. The third-order valence-electron chi connectivity index (χ3n) is 3.74. The predicted molar refractivity (Wildman–Crippen MR) is 118 cm³/mol. The molecule has 0 saturated heterocycles. The lowest BCUT2D eigenvalue weighted by atomic mass is 10.0. The van der Waals surface area contributed by atoms with Crippen LogP contribution in [0.5, 0.6) is 17.2 Å². The van der Waals surface area contributed by atoms with E-state index in [9.17, 15) is 22.9 Å². The highest BCUT2D eigenvalue weighted by Gasteiger charge is 2.18. The summed E-state index contributed by atoms with van der Waals surface area (Å²) < 4.78 is 46.4. The number of benzene rings is 2. The second-order valence-electron chi connectivity index (χ2n) is 6.27. The molecule has 0 heterocycles. The lowest BCUT2D eigenvalue weighted by Gasteiger charge is -2.19. The maximum atomic E-state index is 12.2. The molecular weight excluding hydrogens is 614 g/mol. The normalized spacial score (nSPS) is 11.5. The van der Waals surface area contributed by atoms with E-state index < -0.39 is 22.7 Å². The highest BCUT2D eigenvalue weighted by Crippen LogP contribution is 2.33. The smallest absolute Gasteiger partial charge is 0.349 e. The molecular formula is C18H17I2O7S-. The van der Waals surface area contributed by atoms with Gasteiger partial charge < -0.3 is 19.1 Å². The summed E-state index contributed by atoms with van der Waals surface area (Å²) in [5, 5.41) is 9.55. The average Bonchev–Trinajstić information content (AvgIpc) is 2.55. The Bertz CT molecular complexity index is 994. The van der Waals surface area contributed by atoms with Crippen molar-refractivity contribution in [3.8, 4) is 17.2 Å². The molecule has 0 saturated carbocycles. The van der Waals surface area contributed by atoms with E-state index in [1.54, 1.807) is 20.8 Å². The van der Waals surface area contributed by atoms with Crippen LogP contribution >= 0.6 is 45.2 Å². The number of esters is 1. The predicted octanol–water partition coefficient (Wildman–Crippen LogP) is 3.92. The molecule has 2 rings (SSSR count). The number of halogens is 2. The van der Waals surface area contributed by atoms with Gasteiger partial charge in [-0.1, -0.05) is 13.8 Å². The van der Waals surface area contributed by atoms with Crippen LogP contribution in [0.4, 0.5) is 0 Å². The zero-order chi connectivity index (χ0) is 21.2. The van der Waals surface area contributed by atoms with E-state index in [1.807, 2.05) is 45.2 Å². The van der Waals surface area contributed by atoms with Crippen molar-refractivity contribution in [2.75, 3.05) is 6.61 Å². The quantitative estimate of drug-likeness (QED) is 0.223. The van der Waals surface area contributed by atoms with Crippen molar-refractivity contribution in [3.05, 3.63) is 42.5 Å². The first kappa shape index (κ1) is 23.2. The van der Waals surface area contributed by atoms with Crippen LogP contribution in [0.2, 0.25) is 0 Å². The first-order valence-electron chi connectivity index (χ1n) is 8.02. The fourth-order valence-corrected chi connectivity index (χ4v) is 5.28. The highest BCUT2D eigenvalue weighted by molar-refractivity contribution is 14.1. The van der Waals surface area contributed by atoms with E-state index >= 15 is 0 Å². The maximum Gasteiger partial charge on any atom is 0.349 e. The van der Waals surface area contributed by atoms with Gasteiger partial charge in [-0.15, -0.1) is 0 Å². The summed E-state index contributed by atoms with van der Waals surface area (Å²) in [7, 11) is -4.62. The standard InChI is InChI=1S/C18H18I2O7S/c1-9(2)12-7-15(10(3)4-16(12)28(23,24)25)26-8-17(22)27-18-13(19)5-11(21)6-14(18)20/h4-7,9,21H,8H2,1-3H3,(H,23,24,25)/p-1. The largest absolute Gasteiger partial charge is 0.744 e. The zero-order valence-corrected chi connectivity index (χ0v) is 20.3. The summed E-state index contributed by atoms with van der Waals surface area (Å²) >= 11 is 3.89. The van der Waals surface area contributed by atoms with E-state index in [1.165, 1.54) is 24.3 Å². The van der Waals surface area contributed by atoms with Gasteiger partial charge in [-0.3, -0.25) is 0 Å². The van der Waals surface area contributed by atoms with E-state index in [4.69, 9.17) is 9.47 Å². The summed E-state index contributed by atoms with van der Waals surface area (Å²) in [6.45, 7) is 4.69. The third-order valence-corrected chi connectivity index (χ3v) is 6.24. The van der Waals surface area contributed by atoms with Crippen molar-refractivity contribution < 1.29 is 32.3 Å². The lowest BCUT2D eigenvalue weighted by Crippen LogP contribution is -2.19. The Labute approximate surface area is 190 Å². The van der Waals surface area contributed by atoms with Crippen LogP contribution in [0.3, 0.4) is 0 Å². The average molecular weight is 631 g/mol. The number of aryl methyl sites for hydroxylation is 1. The van der Waals surface area contributed by atoms with Gasteiger partial charge >= 0.3 is 5.97 Å². The Kier molecular flexibility index (Phi) is 7.56. The topological polar surface area (TPSA) is 113 Å². The van der Waals surface area contributed by atoms with Crippen LogP contribution in [-0.2, 0) is 14.9 Å². The van der Waals surface area contributed by atoms with Crippen molar-refractivity contribution in [1.29, 1.82) is 0 Å². The summed E-state index contributed by atoms with van der Waals surface area (Å²) in [5.41, 5.74) is 0.743. The molecule has 0 aliphatic carbocycles. The molecule has 0 spiro atoms. The van der Waals surface area contributed by atoms with Crippen LogP contribution in [-0.4, -0.2) is 30.7 Å². The summed E-state index contributed by atoms with van der Waals surface area (Å²) in [6, 6.07) is 5.65. The van der Waals surface area contributed by atoms with Gasteiger partial charge in [0.05, 0.1) is 12.0 Å². The van der Waals surface area contributed by atoms with Gasteiger partial charge in [0.15, 0.2) is 12.4 Å². The van der Waals surface area contributed by atoms with E-state index in [0.29, 0.717) is 29.8 Å². The number of aromatic hydroxyl groups is 1. The molecule has 28 heavy (non-hydrogen) atoms. The van der Waals surface area contributed by atoms with Gasteiger partial charge in [0.25, 0.3) is 0 Å². The second kappa shape index (κ2) is 9.13. The third kappa shape index (κ3) is 5.70. The SMILES string of the molecule is Cc1cc(S(=O)(=O)[O-])c(C(C)C)cc1OCC(=O)Oc1c(I)cc(O)cc1I. The fraction of sp³-hybridized carbons (Fsp3) is 0.278. The maximum absolute atomic E-state index is 12.2. The van der Waals surface area contributed by atoms with Crippen LogP contribution in [0, 0.1) is 14.1 Å². The van der Waals surface area contributed by atoms with Gasteiger partial charge in [0.1, 0.15) is 21.6 Å². The molecule has 0 aliphatic heterocycles. The molecule has 0 aliphatic rings. The van der Waals surface area contributed by atoms with Gasteiger partial charge in [0, 0.05) is 0 Å². The molecule has 10 heteroatoms. The molecule has 0 fully saturated rings. The summed E-state index contributed by atoms with van der Waals surface area (Å²) in [4.78, 5) is 11.9. The summed E-state index contributed by atoms with van der Waals surface area (Å²) in [5.74, 6) is -0.209. The van der Waals surface area contributed by atoms with Crippen molar-refractivity contribution in [3.63, 3.8) is 0 Å². The van der Waals surface area contributed by atoms with Gasteiger partial charge in [0.2, 0.25) is 0 Å². The minimum atomic E-state index is -4.62. The zero-order valence-electron chi connectivity index (χ0n) is 15.2. The monoisotopic (exact) mass is 631 g/mol. The minimum Gasteiger partial charge on any atom is -0.744 e. The van der Waals surface area contributed by atoms with Crippen molar-refractivity contribution in [2.24, 2.45) is 0 Å². The second-order valence-corrected chi connectivity index (χ2v) is 9.94. The highest BCUT2D eigenvalue weighted by atomic mass is 127. The summed E-state index contributed by atoms with van der Waals surface area (Å²) in [6.07, 6.45) is 0. The van der Waals surface area contributed by atoms with E-state index in [-0.39, 0.29) is 16.6 Å². The Balaban J connectivity index is 2.21. The number of carbonyl (C=O) groups is 1. The van der Waals surface area contributed by atoms with Crippen molar-refractivity contribution in [1.82, 2.24) is 0 Å². The Morgan fingerprint density at radius 3 is 2.25 bits per heavy atom.